The average Bonchev–Trinajstić information content (AvgIpc) is 3.20. The number of aryl methyl sites for hydroxylation is 1. The zero-order valence-corrected chi connectivity index (χ0v) is 12.2. The van der Waals surface area contributed by atoms with Crippen molar-refractivity contribution in [2.45, 2.75) is 37.0 Å². The van der Waals surface area contributed by atoms with E-state index < -0.39 is 0 Å². The molecule has 0 atom stereocenters. The molecule has 1 fully saturated rings. The molecular weight excluding hydrogens is 270 g/mol. The lowest BCUT2D eigenvalue weighted by Crippen LogP contribution is -2.22. The molecule has 0 unspecified atom stereocenters. The second-order valence-corrected chi connectivity index (χ2v) is 6.06. The predicted octanol–water partition coefficient (Wildman–Crippen LogP) is 1.76. The highest BCUT2D eigenvalue weighted by Crippen LogP contribution is 2.18. The van der Waals surface area contributed by atoms with E-state index in [-0.39, 0.29) is 0 Å². The van der Waals surface area contributed by atoms with Crippen molar-refractivity contribution in [2.75, 3.05) is 12.3 Å². The van der Waals surface area contributed by atoms with Crippen LogP contribution in [0.5, 0.6) is 0 Å². The number of benzene rings is 1. The summed E-state index contributed by atoms with van der Waals surface area (Å²) in [4.78, 5) is 0. The average molecular weight is 289 g/mol. The molecule has 1 aromatic heterocycles. The van der Waals surface area contributed by atoms with Crippen molar-refractivity contribution < 1.29 is 0 Å². The van der Waals surface area contributed by atoms with Gasteiger partial charge in [0.15, 0.2) is 0 Å². The van der Waals surface area contributed by atoms with Crippen LogP contribution in [0, 0.1) is 0 Å². The molecule has 5 nitrogen and oxygen atoms in total. The monoisotopic (exact) mass is 289 g/mol. The summed E-state index contributed by atoms with van der Waals surface area (Å²) < 4.78 is 1.89. The lowest BCUT2D eigenvalue weighted by Gasteiger charge is -2.05. The van der Waals surface area contributed by atoms with Gasteiger partial charge >= 0.3 is 0 Å². The fourth-order valence-electron chi connectivity index (χ4n) is 2.01. The van der Waals surface area contributed by atoms with Crippen LogP contribution in [0.1, 0.15) is 18.4 Å². The molecule has 6 heteroatoms. The van der Waals surface area contributed by atoms with Crippen molar-refractivity contribution in [3.8, 4) is 0 Å². The van der Waals surface area contributed by atoms with E-state index in [4.69, 9.17) is 0 Å². The molecule has 0 bridgehead atoms. The first-order chi connectivity index (χ1) is 9.92. The molecule has 0 amide bonds. The second-order valence-electron chi connectivity index (χ2n) is 5.00. The third-order valence-electron chi connectivity index (χ3n) is 3.30. The lowest BCUT2D eigenvalue weighted by atomic mass is 10.2. The van der Waals surface area contributed by atoms with E-state index in [1.54, 1.807) is 11.8 Å². The first-order valence-electron chi connectivity index (χ1n) is 7.08. The third-order valence-corrected chi connectivity index (χ3v) is 4.26. The molecule has 0 saturated heterocycles. The van der Waals surface area contributed by atoms with Gasteiger partial charge in [-0.1, -0.05) is 42.1 Å². The topological polar surface area (TPSA) is 55.6 Å². The molecule has 106 valence electrons. The minimum absolute atomic E-state index is 0.737. The SMILES string of the molecule is c1ccc(CCSc2nnnn2CCNC2CC2)cc1. The Morgan fingerprint density at radius 2 is 2.10 bits per heavy atom. The predicted molar refractivity (Wildman–Crippen MR) is 79.7 cm³/mol. The van der Waals surface area contributed by atoms with Gasteiger partial charge < -0.3 is 5.32 Å². The lowest BCUT2D eigenvalue weighted by molar-refractivity contribution is 0.509. The molecule has 3 rings (SSSR count). The molecular formula is C14H19N5S. The van der Waals surface area contributed by atoms with Crippen molar-refractivity contribution in [3.05, 3.63) is 35.9 Å². The van der Waals surface area contributed by atoms with Gasteiger partial charge in [0, 0.05) is 18.3 Å². The van der Waals surface area contributed by atoms with Crippen LogP contribution < -0.4 is 5.32 Å². The van der Waals surface area contributed by atoms with Crippen LogP contribution in [0.3, 0.4) is 0 Å². The number of hydrogen-bond donors (Lipinski definition) is 1. The maximum Gasteiger partial charge on any atom is 0.209 e. The summed E-state index contributed by atoms with van der Waals surface area (Å²) in [5, 5.41) is 16.3. The molecule has 2 aromatic rings. The molecule has 20 heavy (non-hydrogen) atoms. The molecule has 0 spiro atoms. The van der Waals surface area contributed by atoms with Crippen LogP contribution in [0.2, 0.25) is 0 Å². The van der Waals surface area contributed by atoms with E-state index in [1.807, 2.05) is 10.7 Å². The van der Waals surface area contributed by atoms with Crippen LogP contribution in [-0.4, -0.2) is 38.5 Å². The van der Waals surface area contributed by atoms with Crippen LogP contribution >= 0.6 is 11.8 Å². The summed E-state index contributed by atoms with van der Waals surface area (Å²) in [6.07, 6.45) is 3.67. The molecule has 1 aliphatic rings. The van der Waals surface area contributed by atoms with Crippen molar-refractivity contribution in [1.82, 2.24) is 25.5 Å². The van der Waals surface area contributed by atoms with Gasteiger partial charge in [0.2, 0.25) is 5.16 Å². The standard InChI is InChI=1S/C14H19N5S/c1-2-4-12(5-3-1)8-11-20-14-16-17-18-19(14)10-9-15-13-6-7-13/h1-5,13,15H,6-11H2. The second kappa shape index (κ2) is 6.85. The summed E-state index contributed by atoms with van der Waals surface area (Å²) in [6, 6.07) is 11.2. The fraction of sp³-hybridized carbons (Fsp3) is 0.500. The Morgan fingerprint density at radius 3 is 2.90 bits per heavy atom. The van der Waals surface area contributed by atoms with Crippen LogP contribution in [0.25, 0.3) is 0 Å². The number of nitrogens with zero attached hydrogens (tertiary/aromatic N) is 4. The van der Waals surface area contributed by atoms with Gasteiger partial charge in [-0.3, -0.25) is 0 Å². The van der Waals surface area contributed by atoms with Crippen LogP contribution in [-0.2, 0) is 13.0 Å². The van der Waals surface area contributed by atoms with Crippen molar-refractivity contribution >= 4 is 11.8 Å². The Kier molecular flexibility index (Phi) is 4.65. The number of thioether (sulfide) groups is 1. The first-order valence-corrected chi connectivity index (χ1v) is 8.06. The molecule has 0 radical (unpaired) electrons. The highest BCUT2D eigenvalue weighted by molar-refractivity contribution is 7.99. The maximum absolute atomic E-state index is 4.10. The largest absolute Gasteiger partial charge is 0.312 e. The molecule has 1 heterocycles. The summed E-state index contributed by atoms with van der Waals surface area (Å²) in [5.41, 5.74) is 1.36. The van der Waals surface area contributed by atoms with Crippen LogP contribution in [0.15, 0.2) is 35.5 Å². The van der Waals surface area contributed by atoms with E-state index in [2.05, 4.69) is 45.1 Å². The normalized spacial score (nSPS) is 14.6. The van der Waals surface area contributed by atoms with Crippen molar-refractivity contribution in [2.24, 2.45) is 0 Å². The molecule has 1 saturated carbocycles. The van der Waals surface area contributed by atoms with Gasteiger partial charge in [-0.15, -0.1) is 5.10 Å². The summed E-state index contributed by atoms with van der Waals surface area (Å²) in [5.74, 6) is 1.00. The van der Waals surface area contributed by atoms with Gasteiger partial charge in [0.05, 0.1) is 6.54 Å². The van der Waals surface area contributed by atoms with Gasteiger partial charge in [-0.2, -0.15) is 0 Å². The van der Waals surface area contributed by atoms with Gasteiger partial charge in [0.25, 0.3) is 0 Å². The number of rotatable bonds is 8. The van der Waals surface area contributed by atoms with E-state index >= 15 is 0 Å². The summed E-state index contributed by atoms with van der Waals surface area (Å²) >= 11 is 1.72. The van der Waals surface area contributed by atoms with Gasteiger partial charge in [0.1, 0.15) is 0 Å². The van der Waals surface area contributed by atoms with Crippen molar-refractivity contribution in [3.63, 3.8) is 0 Å². The number of aromatic nitrogens is 4. The van der Waals surface area contributed by atoms with Crippen LogP contribution in [0.4, 0.5) is 0 Å². The van der Waals surface area contributed by atoms with Gasteiger partial charge in [-0.05, 0) is 35.3 Å². The zero-order chi connectivity index (χ0) is 13.6. The fourth-order valence-corrected chi connectivity index (χ4v) is 2.90. The Morgan fingerprint density at radius 1 is 1.25 bits per heavy atom. The Hall–Kier alpha value is -1.40. The Bertz CT molecular complexity index is 523. The molecule has 1 N–H and O–H groups in total. The Labute approximate surface area is 123 Å². The minimum atomic E-state index is 0.737. The summed E-state index contributed by atoms with van der Waals surface area (Å²) in [7, 11) is 0. The zero-order valence-electron chi connectivity index (χ0n) is 11.4. The number of hydrogen-bond acceptors (Lipinski definition) is 5. The van der Waals surface area contributed by atoms with E-state index in [1.165, 1.54) is 18.4 Å². The van der Waals surface area contributed by atoms with E-state index in [0.717, 1.165) is 36.5 Å². The van der Waals surface area contributed by atoms with Crippen molar-refractivity contribution in [1.29, 1.82) is 0 Å². The summed E-state index contributed by atoms with van der Waals surface area (Å²) in [6.45, 7) is 1.79. The minimum Gasteiger partial charge on any atom is -0.312 e. The third kappa shape index (κ3) is 4.05. The number of tetrazole rings is 1. The first kappa shape index (κ1) is 13.6. The quantitative estimate of drug-likeness (QED) is 0.751. The Balaban J connectivity index is 1.43. The van der Waals surface area contributed by atoms with Gasteiger partial charge in [-0.25, -0.2) is 4.68 Å². The highest BCUT2D eigenvalue weighted by Gasteiger charge is 2.19. The highest BCUT2D eigenvalue weighted by atomic mass is 32.2. The molecule has 0 aliphatic heterocycles. The van der Waals surface area contributed by atoms with E-state index in [9.17, 15) is 0 Å². The number of nitrogens with one attached hydrogen (secondary N) is 1. The maximum atomic E-state index is 4.10. The molecule has 1 aromatic carbocycles. The van der Waals surface area contributed by atoms with E-state index in [0.29, 0.717) is 0 Å². The smallest absolute Gasteiger partial charge is 0.209 e. The molecule has 1 aliphatic carbocycles.